The summed E-state index contributed by atoms with van der Waals surface area (Å²) in [6.07, 6.45) is 4.27. The number of nitrogens with zero attached hydrogens (tertiary/aromatic N) is 2. The zero-order valence-electron chi connectivity index (χ0n) is 21.2. The highest BCUT2D eigenvalue weighted by molar-refractivity contribution is 5.88. The molecule has 0 aromatic carbocycles. The Labute approximate surface area is 206 Å². The Bertz CT molecular complexity index is 910. The van der Waals surface area contributed by atoms with Crippen molar-refractivity contribution in [2.45, 2.75) is 89.1 Å². The molecule has 0 radical (unpaired) electrons. The molecule has 2 bridgehead atoms. The number of fused-ring (bicyclic) bond motifs is 1. The van der Waals surface area contributed by atoms with E-state index in [4.69, 9.17) is 9.47 Å². The van der Waals surface area contributed by atoms with Gasteiger partial charge in [0.1, 0.15) is 5.60 Å². The van der Waals surface area contributed by atoms with Gasteiger partial charge >= 0.3 is 6.09 Å². The molecule has 3 amide bonds. The summed E-state index contributed by atoms with van der Waals surface area (Å²) in [7, 11) is 0. The molecule has 35 heavy (non-hydrogen) atoms. The number of carbonyl (C=O) groups excluding carboxylic acids is 3. The fraction of sp³-hybridized carbons (Fsp3) is 0.885. The summed E-state index contributed by atoms with van der Waals surface area (Å²) in [6.45, 7) is 9.13. The lowest BCUT2D eigenvalue weighted by molar-refractivity contribution is -0.192. The van der Waals surface area contributed by atoms with E-state index in [1.54, 1.807) is 0 Å². The number of hydrogen-bond acceptors (Lipinski definition) is 6. The molecule has 7 aliphatic rings. The second kappa shape index (κ2) is 7.57. The number of alkyl carbamates (subject to hydrolysis) is 1. The van der Waals surface area contributed by atoms with Gasteiger partial charge in [-0.1, -0.05) is 0 Å². The minimum atomic E-state index is -0.538. The Morgan fingerprint density at radius 2 is 1.80 bits per heavy atom. The lowest BCUT2D eigenvalue weighted by Gasteiger charge is -2.69. The van der Waals surface area contributed by atoms with Crippen LogP contribution in [-0.4, -0.2) is 88.9 Å². The lowest BCUT2D eigenvalue weighted by atomic mass is 9.39. The van der Waals surface area contributed by atoms with Crippen LogP contribution in [0.5, 0.6) is 0 Å². The number of rotatable bonds is 4. The summed E-state index contributed by atoms with van der Waals surface area (Å²) in [5.74, 6) is 0.961. The molecule has 4 aliphatic carbocycles. The van der Waals surface area contributed by atoms with Crippen molar-refractivity contribution in [3.05, 3.63) is 0 Å². The van der Waals surface area contributed by atoms with Gasteiger partial charge in [0.25, 0.3) is 0 Å². The third kappa shape index (κ3) is 3.93. The largest absolute Gasteiger partial charge is 0.444 e. The first-order valence-electron chi connectivity index (χ1n) is 13.3. The molecule has 7 fully saturated rings. The average molecular weight is 490 g/mol. The number of ether oxygens (including phenoxy) is 2. The van der Waals surface area contributed by atoms with Gasteiger partial charge in [0.05, 0.1) is 30.7 Å². The lowest BCUT2D eigenvalue weighted by Crippen LogP contribution is -2.78. The molecule has 9 heteroatoms. The molecule has 1 spiro atoms. The zero-order valence-corrected chi connectivity index (χ0v) is 21.2. The van der Waals surface area contributed by atoms with Gasteiger partial charge < -0.3 is 29.7 Å². The van der Waals surface area contributed by atoms with Crippen LogP contribution < -0.4 is 5.32 Å². The van der Waals surface area contributed by atoms with Gasteiger partial charge in [-0.3, -0.25) is 9.59 Å². The maximum Gasteiger partial charge on any atom is 0.408 e. The van der Waals surface area contributed by atoms with Crippen LogP contribution in [0.4, 0.5) is 4.79 Å². The van der Waals surface area contributed by atoms with E-state index in [0.29, 0.717) is 44.8 Å². The first-order chi connectivity index (χ1) is 16.4. The minimum Gasteiger partial charge on any atom is -0.444 e. The van der Waals surface area contributed by atoms with Gasteiger partial charge in [-0.15, -0.1) is 0 Å². The Kier molecular flexibility index (Phi) is 5.09. The van der Waals surface area contributed by atoms with Gasteiger partial charge in [0, 0.05) is 43.1 Å². The molecule has 9 nitrogen and oxygen atoms in total. The van der Waals surface area contributed by atoms with Gasteiger partial charge in [-0.25, -0.2) is 4.79 Å². The summed E-state index contributed by atoms with van der Waals surface area (Å²) < 4.78 is 11.5. The third-order valence-corrected chi connectivity index (χ3v) is 9.46. The van der Waals surface area contributed by atoms with E-state index in [9.17, 15) is 19.5 Å². The predicted octanol–water partition coefficient (Wildman–Crippen LogP) is 1.67. The standard InChI is InChI=1S/C26H39N3O6/c1-23(2,3)35-22(33)27-26-11-25(12-26,13-26)21(32)28-5-4-16-10-34-19(18(16)9-28)6-20(31)29-14-24(15-29)7-17(30)8-24/h16-19,30H,4-15H2,1-3H3,(H,27,33)/t16-,18-,19?,25?,26?/m0/s1. The van der Waals surface area contributed by atoms with E-state index in [0.717, 1.165) is 38.9 Å². The van der Waals surface area contributed by atoms with Crippen LogP contribution in [0.25, 0.3) is 0 Å². The molecule has 3 saturated heterocycles. The molecular formula is C26H39N3O6. The third-order valence-electron chi connectivity index (χ3n) is 9.46. The number of amides is 3. The van der Waals surface area contributed by atoms with Crippen LogP contribution in [-0.2, 0) is 19.1 Å². The predicted molar refractivity (Wildman–Crippen MR) is 125 cm³/mol. The number of hydrogen-bond donors (Lipinski definition) is 2. The Morgan fingerprint density at radius 3 is 2.43 bits per heavy atom. The van der Waals surface area contributed by atoms with Crippen molar-refractivity contribution in [1.29, 1.82) is 0 Å². The van der Waals surface area contributed by atoms with E-state index in [-0.39, 0.29) is 46.3 Å². The quantitative estimate of drug-likeness (QED) is 0.622. The number of likely N-dealkylation sites (tertiary alicyclic amines) is 2. The molecule has 1 unspecified atom stereocenters. The molecule has 3 aliphatic heterocycles. The SMILES string of the molecule is CC(C)(C)OC(=O)NC12CC(C(=O)N3CC[C@H]4COC(CC(=O)N5CC6(CC(O)C6)C5)[C@H]4C3)(C1)C2. The highest BCUT2D eigenvalue weighted by Crippen LogP contribution is 2.68. The second-order valence-corrected chi connectivity index (χ2v) is 13.6. The fourth-order valence-corrected chi connectivity index (χ4v) is 7.87. The van der Waals surface area contributed by atoms with Crippen molar-refractivity contribution in [1.82, 2.24) is 15.1 Å². The van der Waals surface area contributed by atoms with Crippen molar-refractivity contribution in [2.75, 3.05) is 32.8 Å². The van der Waals surface area contributed by atoms with Crippen LogP contribution in [0.3, 0.4) is 0 Å². The number of carbonyl (C=O) groups is 3. The van der Waals surface area contributed by atoms with Gasteiger partial charge in [0.15, 0.2) is 0 Å². The molecule has 4 saturated carbocycles. The van der Waals surface area contributed by atoms with Crippen molar-refractivity contribution < 1.29 is 29.0 Å². The summed E-state index contributed by atoms with van der Waals surface area (Å²) in [6, 6.07) is 0. The molecule has 0 aromatic heterocycles. The fourth-order valence-electron chi connectivity index (χ4n) is 7.87. The number of aliphatic hydroxyl groups excluding tert-OH is 1. The van der Waals surface area contributed by atoms with Crippen LogP contribution in [0.1, 0.15) is 65.7 Å². The Balaban J connectivity index is 0.995. The molecule has 7 rings (SSSR count). The molecular weight excluding hydrogens is 450 g/mol. The smallest absolute Gasteiger partial charge is 0.408 e. The highest BCUT2D eigenvalue weighted by Gasteiger charge is 2.73. The van der Waals surface area contributed by atoms with E-state index < -0.39 is 11.7 Å². The first kappa shape index (κ1) is 23.5. The van der Waals surface area contributed by atoms with E-state index in [2.05, 4.69) is 5.32 Å². The van der Waals surface area contributed by atoms with Crippen molar-refractivity contribution >= 4 is 17.9 Å². The van der Waals surface area contributed by atoms with Gasteiger partial charge in [-0.05, 0) is 65.2 Å². The maximum absolute atomic E-state index is 13.5. The van der Waals surface area contributed by atoms with Crippen molar-refractivity contribution in [3.8, 4) is 0 Å². The van der Waals surface area contributed by atoms with E-state index in [1.807, 2.05) is 30.6 Å². The minimum absolute atomic E-state index is 0.125. The molecule has 3 atom stereocenters. The summed E-state index contributed by atoms with van der Waals surface area (Å²) in [5, 5.41) is 12.6. The first-order valence-corrected chi connectivity index (χ1v) is 13.3. The second-order valence-electron chi connectivity index (χ2n) is 13.6. The Hall–Kier alpha value is -1.87. The zero-order chi connectivity index (χ0) is 24.8. The maximum atomic E-state index is 13.5. The summed E-state index contributed by atoms with van der Waals surface area (Å²) >= 11 is 0. The summed E-state index contributed by atoms with van der Waals surface area (Å²) in [5.41, 5.74) is -0.997. The molecule has 2 N–H and O–H groups in total. The highest BCUT2D eigenvalue weighted by atomic mass is 16.6. The Morgan fingerprint density at radius 1 is 1.11 bits per heavy atom. The number of piperidine rings is 1. The monoisotopic (exact) mass is 489 g/mol. The number of aliphatic hydroxyl groups is 1. The van der Waals surface area contributed by atoms with Crippen molar-refractivity contribution in [3.63, 3.8) is 0 Å². The van der Waals surface area contributed by atoms with Crippen molar-refractivity contribution in [2.24, 2.45) is 22.7 Å². The summed E-state index contributed by atoms with van der Waals surface area (Å²) in [4.78, 5) is 42.4. The molecule has 3 heterocycles. The topological polar surface area (TPSA) is 108 Å². The molecule has 0 aromatic rings. The van der Waals surface area contributed by atoms with E-state index >= 15 is 0 Å². The van der Waals surface area contributed by atoms with Crippen LogP contribution >= 0.6 is 0 Å². The average Bonchev–Trinajstić information content (AvgIpc) is 3.05. The molecule has 194 valence electrons. The van der Waals surface area contributed by atoms with E-state index in [1.165, 1.54) is 0 Å². The van der Waals surface area contributed by atoms with Crippen LogP contribution in [0.15, 0.2) is 0 Å². The van der Waals surface area contributed by atoms with Crippen LogP contribution in [0, 0.1) is 22.7 Å². The van der Waals surface area contributed by atoms with Gasteiger partial charge in [-0.2, -0.15) is 0 Å². The normalized spacial score (nSPS) is 39.0. The van der Waals surface area contributed by atoms with Gasteiger partial charge in [0.2, 0.25) is 11.8 Å². The van der Waals surface area contributed by atoms with Crippen LogP contribution in [0.2, 0.25) is 0 Å². The number of nitrogens with one attached hydrogen (secondary N) is 1.